The summed E-state index contributed by atoms with van der Waals surface area (Å²) < 4.78 is 0. The molecule has 0 aromatic heterocycles. The summed E-state index contributed by atoms with van der Waals surface area (Å²) in [5.41, 5.74) is 5.61. The van der Waals surface area contributed by atoms with Gasteiger partial charge in [0.15, 0.2) is 0 Å². The van der Waals surface area contributed by atoms with Gasteiger partial charge in [-0.3, -0.25) is 0 Å². The van der Waals surface area contributed by atoms with E-state index in [1.165, 1.54) is 19.4 Å². The van der Waals surface area contributed by atoms with Crippen LogP contribution in [0.25, 0.3) is 0 Å². The van der Waals surface area contributed by atoms with Gasteiger partial charge in [-0.2, -0.15) is 0 Å². The lowest BCUT2D eigenvalue weighted by Crippen LogP contribution is -2.51. The number of likely N-dealkylation sites (tertiary alicyclic amines) is 1. The summed E-state index contributed by atoms with van der Waals surface area (Å²) in [6.45, 7) is 6.74. The van der Waals surface area contributed by atoms with Gasteiger partial charge >= 0.3 is 0 Å². The van der Waals surface area contributed by atoms with Crippen LogP contribution in [-0.4, -0.2) is 31.1 Å². The Morgan fingerprint density at radius 3 is 2.42 bits per heavy atom. The van der Waals surface area contributed by atoms with Crippen molar-refractivity contribution >= 4 is 0 Å². The van der Waals surface area contributed by atoms with Crippen molar-refractivity contribution in [3.63, 3.8) is 0 Å². The molecule has 1 fully saturated rings. The first-order chi connectivity index (χ1) is 5.66. The maximum absolute atomic E-state index is 5.61. The third-order valence-electron chi connectivity index (χ3n) is 3.19. The van der Waals surface area contributed by atoms with Crippen LogP contribution < -0.4 is 5.73 Å². The molecule has 1 aliphatic heterocycles. The van der Waals surface area contributed by atoms with E-state index >= 15 is 0 Å². The number of rotatable bonds is 4. The van der Waals surface area contributed by atoms with Crippen molar-refractivity contribution in [1.29, 1.82) is 0 Å². The average Bonchev–Trinajstić information content (AvgIpc) is 2.01. The molecular weight excluding hydrogens is 148 g/mol. The van der Waals surface area contributed by atoms with Crippen LogP contribution in [0.1, 0.15) is 26.7 Å². The minimum Gasteiger partial charge on any atom is -0.330 e. The normalized spacial score (nSPS) is 27.2. The SMILES string of the molecule is CC(C)C(CCN)C1CCN1C. The number of hydrogen-bond donors (Lipinski definition) is 1. The van der Waals surface area contributed by atoms with Gasteiger partial charge in [0.05, 0.1) is 0 Å². The summed E-state index contributed by atoms with van der Waals surface area (Å²) in [5.74, 6) is 1.59. The molecule has 0 aromatic carbocycles. The number of nitrogens with two attached hydrogens (primary N) is 1. The third-order valence-corrected chi connectivity index (χ3v) is 3.19. The van der Waals surface area contributed by atoms with Crippen LogP contribution in [0.3, 0.4) is 0 Å². The highest BCUT2D eigenvalue weighted by atomic mass is 15.2. The van der Waals surface area contributed by atoms with Crippen LogP contribution in [0.4, 0.5) is 0 Å². The molecule has 0 aromatic rings. The van der Waals surface area contributed by atoms with Crippen LogP contribution in [0.5, 0.6) is 0 Å². The van der Waals surface area contributed by atoms with E-state index in [-0.39, 0.29) is 0 Å². The summed E-state index contributed by atoms with van der Waals surface area (Å²) in [4.78, 5) is 2.46. The van der Waals surface area contributed by atoms with Gasteiger partial charge in [-0.15, -0.1) is 0 Å². The predicted molar refractivity (Wildman–Crippen MR) is 53.0 cm³/mol. The minimum atomic E-state index is 0.779. The molecule has 0 amide bonds. The van der Waals surface area contributed by atoms with E-state index in [9.17, 15) is 0 Å². The van der Waals surface area contributed by atoms with Gasteiger partial charge in [-0.25, -0.2) is 0 Å². The Balaban J connectivity index is 2.41. The van der Waals surface area contributed by atoms with Gasteiger partial charge in [0.1, 0.15) is 0 Å². The molecule has 1 aliphatic rings. The van der Waals surface area contributed by atoms with Gasteiger partial charge in [0.2, 0.25) is 0 Å². The van der Waals surface area contributed by atoms with Crippen molar-refractivity contribution in [3.05, 3.63) is 0 Å². The summed E-state index contributed by atoms with van der Waals surface area (Å²) in [6, 6.07) is 0.813. The fraction of sp³-hybridized carbons (Fsp3) is 1.00. The third kappa shape index (κ3) is 1.99. The molecule has 0 saturated carbocycles. The minimum absolute atomic E-state index is 0.779. The van der Waals surface area contributed by atoms with Crippen molar-refractivity contribution in [2.24, 2.45) is 17.6 Å². The monoisotopic (exact) mass is 170 g/mol. The quantitative estimate of drug-likeness (QED) is 0.689. The average molecular weight is 170 g/mol. The van der Waals surface area contributed by atoms with E-state index in [2.05, 4.69) is 25.8 Å². The Bertz CT molecular complexity index is 134. The molecule has 0 radical (unpaired) electrons. The fourth-order valence-electron chi connectivity index (χ4n) is 2.24. The van der Waals surface area contributed by atoms with Crippen LogP contribution in [0.2, 0.25) is 0 Å². The Hall–Kier alpha value is -0.0800. The zero-order valence-electron chi connectivity index (χ0n) is 8.59. The van der Waals surface area contributed by atoms with Gasteiger partial charge < -0.3 is 10.6 Å². The standard InChI is InChI=1S/C10H22N2/c1-8(2)9(4-6-11)10-5-7-12(10)3/h8-10H,4-7,11H2,1-3H3. The Kier molecular flexibility index (Phi) is 3.53. The van der Waals surface area contributed by atoms with Crippen LogP contribution >= 0.6 is 0 Å². The van der Waals surface area contributed by atoms with Crippen molar-refractivity contribution in [2.75, 3.05) is 20.1 Å². The maximum atomic E-state index is 5.61. The second-order valence-electron chi connectivity index (χ2n) is 4.32. The van der Waals surface area contributed by atoms with E-state index in [1.807, 2.05) is 0 Å². The highest BCUT2D eigenvalue weighted by Crippen LogP contribution is 2.30. The van der Waals surface area contributed by atoms with Crippen molar-refractivity contribution < 1.29 is 0 Å². The predicted octanol–water partition coefficient (Wildman–Crippen LogP) is 1.31. The molecule has 1 heterocycles. The lowest BCUT2D eigenvalue weighted by Gasteiger charge is -2.44. The molecule has 1 saturated heterocycles. The molecule has 0 bridgehead atoms. The Morgan fingerprint density at radius 2 is 2.17 bits per heavy atom. The van der Waals surface area contributed by atoms with Crippen molar-refractivity contribution in [1.82, 2.24) is 4.90 Å². The van der Waals surface area contributed by atoms with Crippen LogP contribution in [0.15, 0.2) is 0 Å². The zero-order valence-corrected chi connectivity index (χ0v) is 8.59. The van der Waals surface area contributed by atoms with E-state index < -0.39 is 0 Å². The van der Waals surface area contributed by atoms with Crippen molar-refractivity contribution in [2.45, 2.75) is 32.7 Å². The summed E-state index contributed by atoms with van der Waals surface area (Å²) in [5, 5.41) is 0. The second kappa shape index (κ2) is 4.24. The summed E-state index contributed by atoms with van der Waals surface area (Å²) in [7, 11) is 2.22. The molecule has 2 nitrogen and oxygen atoms in total. The molecule has 0 aliphatic carbocycles. The highest BCUT2D eigenvalue weighted by molar-refractivity contribution is 4.87. The van der Waals surface area contributed by atoms with Gasteiger partial charge in [0, 0.05) is 6.04 Å². The lowest BCUT2D eigenvalue weighted by atomic mass is 9.80. The Labute approximate surface area is 76.1 Å². The van der Waals surface area contributed by atoms with Gasteiger partial charge in [-0.1, -0.05) is 13.8 Å². The molecule has 2 atom stereocenters. The Morgan fingerprint density at radius 1 is 1.50 bits per heavy atom. The maximum Gasteiger partial charge on any atom is 0.0136 e. The summed E-state index contributed by atoms with van der Waals surface area (Å²) in [6.07, 6.45) is 2.56. The van der Waals surface area contributed by atoms with Gasteiger partial charge in [0.25, 0.3) is 0 Å². The summed E-state index contributed by atoms with van der Waals surface area (Å²) >= 11 is 0. The van der Waals surface area contributed by atoms with Crippen LogP contribution in [0, 0.1) is 11.8 Å². The zero-order chi connectivity index (χ0) is 9.14. The topological polar surface area (TPSA) is 29.3 Å². The molecule has 1 rings (SSSR count). The van der Waals surface area contributed by atoms with Crippen molar-refractivity contribution in [3.8, 4) is 0 Å². The lowest BCUT2D eigenvalue weighted by molar-refractivity contribution is 0.0490. The molecule has 2 N–H and O–H groups in total. The number of nitrogens with zero attached hydrogens (tertiary/aromatic N) is 1. The second-order valence-corrected chi connectivity index (χ2v) is 4.32. The molecule has 72 valence electrons. The highest BCUT2D eigenvalue weighted by Gasteiger charge is 2.32. The first kappa shape index (κ1) is 10.0. The smallest absolute Gasteiger partial charge is 0.0136 e. The van der Waals surface area contributed by atoms with Gasteiger partial charge in [-0.05, 0) is 44.8 Å². The number of hydrogen-bond acceptors (Lipinski definition) is 2. The van der Waals surface area contributed by atoms with E-state index in [0.717, 1.165) is 24.4 Å². The largest absolute Gasteiger partial charge is 0.330 e. The van der Waals surface area contributed by atoms with E-state index in [1.54, 1.807) is 0 Å². The van der Waals surface area contributed by atoms with E-state index in [0.29, 0.717) is 0 Å². The molecule has 2 heteroatoms. The molecule has 2 unspecified atom stereocenters. The molecule has 12 heavy (non-hydrogen) atoms. The fourth-order valence-corrected chi connectivity index (χ4v) is 2.24. The molecule has 0 spiro atoms. The first-order valence-corrected chi connectivity index (χ1v) is 5.07. The first-order valence-electron chi connectivity index (χ1n) is 5.07. The molecular formula is C10H22N2. The van der Waals surface area contributed by atoms with Crippen LogP contribution in [-0.2, 0) is 0 Å². The van der Waals surface area contributed by atoms with E-state index in [4.69, 9.17) is 5.73 Å².